The van der Waals surface area contributed by atoms with Crippen molar-refractivity contribution in [2.75, 3.05) is 6.61 Å². The van der Waals surface area contributed by atoms with Crippen LogP contribution in [0.1, 0.15) is 37.1 Å². The van der Waals surface area contributed by atoms with E-state index < -0.39 is 16.1 Å². The molecule has 168 valence electrons. The van der Waals surface area contributed by atoms with Crippen LogP contribution >= 0.6 is 11.6 Å². The van der Waals surface area contributed by atoms with Crippen molar-refractivity contribution in [2.45, 2.75) is 43.7 Å². The molecule has 7 nitrogen and oxygen atoms in total. The van der Waals surface area contributed by atoms with Crippen molar-refractivity contribution in [2.24, 2.45) is 0 Å². The van der Waals surface area contributed by atoms with Crippen molar-refractivity contribution in [3.63, 3.8) is 0 Å². The minimum atomic E-state index is -3.75. The van der Waals surface area contributed by atoms with E-state index in [9.17, 15) is 13.2 Å². The van der Waals surface area contributed by atoms with Gasteiger partial charge in [0, 0.05) is 21.8 Å². The van der Waals surface area contributed by atoms with Crippen molar-refractivity contribution in [1.82, 2.24) is 14.5 Å². The lowest BCUT2D eigenvalue weighted by Crippen LogP contribution is -2.31. The summed E-state index contributed by atoms with van der Waals surface area (Å²) in [6.07, 6.45) is 3.83. The number of rotatable bonds is 7. The maximum Gasteiger partial charge on any atom is 0.327 e. The summed E-state index contributed by atoms with van der Waals surface area (Å²) in [6.45, 7) is 2.08. The van der Waals surface area contributed by atoms with Crippen molar-refractivity contribution in [3.8, 4) is 11.1 Å². The average Bonchev–Trinajstić information content (AvgIpc) is 3.18. The largest absolute Gasteiger partial charge is 0.465 e. The first-order valence-electron chi connectivity index (χ1n) is 10.5. The Kier molecular flexibility index (Phi) is 6.64. The Hall–Kier alpha value is -2.68. The summed E-state index contributed by atoms with van der Waals surface area (Å²) >= 11 is 6.25. The van der Waals surface area contributed by atoms with Crippen LogP contribution in [0.3, 0.4) is 0 Å². The van der Waals surface area contributed by atoms with E-state index in [0.717, 1.165) is 35.2 Å². The predicted molar refractivity (Wildman–Crippen MR) is 122 cm³/mol. The average molecular weight is 474 g/mol. The summed E-state index contributed by atoms with van der Waals surface area (Å²) in [6, 6.07) is 13.7. The fraction of sp³-hybridized carbons (Fsp3) is 0.304. The Balaban J connectivity index is 1.53. The van der Waals surface area contributed by atoms with Gasteiger partial charge in [-0.2, -0.15) is 5.10 Å². The van der Waals surface area contributed by atoms with Crippen LogP contribution in [0.4, 0.5) is 0 Å². The summed E-state index contributed by atoms with van der Waals surface area (Å²) in [7, 11) is -3.75. The molecule has 1 atom stereocenters. The van der Waals surface area contributed by atoms with Crippen molar-refractivity contribution in [1.29, 1.82) is 0 Å². The second-order valence-corrected chi connectivity index (χ2v) is 9.70. The lowest BCUT2D eigenvalue weighted by Gasteiger charge is -2.24. The van der Waals surface area contributed by atoms with Gasteiger partial charge in [-0.3, -0.25) is 9.48 Å². The van der Waals surface area contributed by atoms with E-state index >= 15 is 0 Å². The molecule has 0 spiro atoms. The number of nitrogens with zero attached hydrogens (tertiary/aromatic N) is 2. The maximum absolute atomic E-state index is 13.1. The Morgan fingerprint density at radius 2 is 1.97 bits per heavy atom. The van der Waals surface area contributed by atoms with Crippen molar-refractivity contribution < 1.29 is 17.9 Å². The van der Waals surface area contributed by atoms with Crippen LogP contribution in [0.2, 0.25) is 5.02 Å². The highest BCUT2D eigenvalue weighted by Crippen LogP contribution is 2.32. The summed E-state index contributed by atoms with van der Waals surface area (Å²) < 4.78 is 35.5. The minimum absolute atomic E-state index is 0.0200. The summed E-state index contributed by atoms with van der Waals surface area (Å²) in [5.74, 6) is -0.361. The normalized spacial score (nSPS) is 15.9. The zero-order chi connectivity index (χ0) is 22.7. The molecule has 32 heavy (non-hydrogen) atoms. The van der Waals surface area contributed by atoms with Crippen LogP contribution in [0.5, 0.6) is 0 Å². The fourth-order valence-electron chi connectivity index (χ4n) is 3.97. The molecular weight excluding hydrogens is 450 g/mol. The van der Waals surface area contributed by atoms with E-state index in [4.69, 9.17) is 16.3 Å². The zero-order valence-electron chi connectivity index (χ0n) is 17.6. The van der Waals surface area contributed by atoms with Gasteiger partial charge in [0.2, 0.25) is 10.0 Å². The molecule has 0 radical (unpaired) electrons. The Labute approximate surface area is 192 Å². The number of benzene rings is 2. The highest BCUT2D eigenvalue weighted by Gasteiger charge is 2.29. The van der Waals surface area contributed by atoms with Crippen molar-refractivity contribution >= 4 is 27.6 Å². The first-order valence-corrected chi connectivity index (χ1v) is 12.3. The van der Waals surface area contributed by atoms with Crippen LogP contribution in [0.15, 0.2) is 59.6 Å². The molecule has 0 saturated heterocycles. The standard InChI is InChI=1S/C23H24ClN3O4S/c1-2-31-23(28)15-27-22-9-5-8-21(19(22)14-25-27)26-32(29,30)17-12-10-16(11-13-17)18-6-3-4-7-20(18)24/h3-4,6-7,10-14,21,26H,2,5,8-9,15H2,1H3. The number of ether oxygens (including phenoxy) is 1. The lowest BCUT2D eigenvalue weighted by atomic mass is 9.94. The van der Waals surface area contributed by atoms with E-state index in [1.165, 1.54) is 0 Å². The molecule has 2 aromatic carbocycles. The number of hydrogen-bond acceptors (Lipinski definition) is 5. The van der Waals surface area contributed by atoms with Crippen LogP contribution in [-0.4, -0.2) is 30.8 Å². The monoisotopic (exact) mass is 473 g/mol. The molecular formula is C23H24ClN3O4S. The molecule has 1 aromatic heterocycles. The van der Waals surface area contributed by atoms with E-state index in [-0.39, 0.29) is 17.4 Å². The number of aromatic nitrogens is 2. The number of fused-ring (bicyclic) bond motifs is 1. The van der Waals surface area contributed by atoms with Crippen LogP contribution in [-0.2, 0) is 32.5 Å². The van der Waals surface area contributed by atoms with Gasteiger partial charge in [0.25, 0.3) is 0 Å². The molecule has 0 amide bonds. The first-order chi connectivity index (χ1) is 15.4. The molecule has 1 N–H and O–H groups in total. The van der Waals surface area contributed by atoms with Gasteiger partial charge in [-0.05, 0) is 49.9 Å². The summed E-state index contributed by atoms with van der Waals surface area (Å²) in [4.78, 5) is 12.0. The highest BCUT2D eigenvalue weighted by molar-refractivity contribution is 7.89. The predicted octanol–water partition coefficient (Wildman–Crippen LogP) is 4.12. The van der Waals surface area contributed by atoms with Crippen LogP contribution in [0, 0.1) is 0 Å². The third kappa shape index (κ3) is 4.72. The Bertz CT molecular complexity index is 1220. The van der Waals surface area contributed by atoms with E-state index in [2.05, 4.69) is 9.82 Å². The molecule has 0 aliphatic heterocycles. The second kappa shape index (κ2) is 9.44. The van der Waals surface area contributed by atoms with E-state index in [1.54, 1.807) is 48.1 Å². The number of carbonyl (C=O) groups is 1. The topological polar surface area (TPSA) is 90.3 Å². The molecule has 1 heterocycles. The first kappa shape index (κ1) is 22.5. The number of halogens is 1. The molecule has 1 unspecified atom stereocenters. The number of sulfonamides is 1. The zero-order valence-corrected chi connectivity index (χ0v) is 19.2. The molecule has 0 bridgehead atoms. The SMILES string of the molecule is CCOC(=O)Cn1ncc2c1CCCC2NS(=O)(=O)c1ccc(-c2ccccc2Cl)cc1. The van der Waals surface area contributed by atoms with Gasteiger partial charge >= 0.3 is 5.97 Å². The molecule has 0 fully saturated rings. The third-order valence-electron chi connectivity index (χ3n) is 5.49. The maximum atomic E-state index is 13.1. The minimum Gasteiger partial charge on any atom is -0.465 e. The quantitative estimate of drug-likeness (QED) is 0.521. The van der Waals surface area contributed by atoms with Gasteiger partial charge in [0.1, 0.15) is 6.54 Å². The Morgan fingerprint density at radius 1 is 1.22 bits per heavy atom. The van der Waals surface area contributed by atoms with Gasteiger partial charge in [-0.1, -0.05) is 41.9 Å². The Morgan fingerprint density at radius 3 is 2.69 bits per heavy atom. The van der Waals surface area contributed by atoms with Gasteiger partial charge in [0.15, 0.2) is 0 Å². The molecule has 3 aromatic rings. The second-order valence-electron chi connectivity index (χ2n) is 7.58. The van der Waals surface area contributed by atoms with Gasteiger partial charge in [-0.25, -0.2) is 13.1 Å². The van der Waals surface area contributed by atoms with E-state index in [1.807, 2.05) is 18.2 Å². The van der Waals surface area contributed by atoms with E-state index in [0.29, 0.717) is 18.1 Å². The summed E-state index contributed by atoms with van der Waals surface area (Å²) in [5.41, 5.74) is 3.36. The molecule has 9 heteroatoms. The smallest absolute Gasteiger partial charge is 0.327 e. The van der Waals surface area contributed by atoms with Crippen LogP contribution < -0.4 is 4.72 Å². The van der Waals surface area contributed by atoms with Gasteiger partial charge in [0.05, 0.1) is 23.7 Å². The number of esters is 1. The fourth-order valence-corrected chi connectivity index (χ4v) is 5.47. The summed E-state index contributed by atoms with van der Waals surface area (Å²) in [5, 5.41) is 4.90. The van der Waals surface area contributed by atoms with Gasteiger partial charge < -0.3 is 4.74 Å². The molecule has 0 saturated carbocycles. The third-order valence-corrected chi connectivity index (χ3v) is 7.31. The molecule has 1 aliphatic carbocycles. The number of carbonyl (C=O) groups excluding carboxylic acids is 1. The highest BCUT2D eigenvalue weighted by atomic mass is 35.5. The molecule has 1 aliphatic rings. The molecule has 4 rings (SSSR count). The lowest BCUT2D eigenvalue weighted by molar-refractivity contribution is -0.144. The van der Waals surface area contributed by atoms with Gasteiger partial charge in [-0.15, -0.1) is 0 Å². The van der Waals surface area contributed by atoms with Crippen LogP contribution in [0.25, 0.3) is 11.1 Å². The van der Waals surface area contributed by atoms with Crippen molar-refractivity contribution in [3.05, 3.63) is 71.0 Å². The number of hydrogen-bond donors (Lipinski definition) is 1. The number of nitrogens with one attached hydrogen (secondary N) is 1.